The van der Waals surface area contributed by atoms with Gasteiger partial charge in [0.05, 0.1) is 12.2 Å². The minimum atomic E-state index is -0.307. The third kappa shape index (κ3) is 1.46. The van der Waals surface area contributed by atoms with Crippen molar-refractivity contribution in [3.63, 3.8) is 0 Å². The van der Waals surface area contributed by atoms with Crippen molar-refractivity contribution in [3.05, 3.63) is 36.3 Å². The highest BCUT2D eigenvalue weighted by Crippen LogP contribution is 2.06. The summed E-state index contributed by atoms with van der Waals surface area (Å²) < 4.78 is 6.71. The second-order valence-electron chi connectivity index (χ2n) is 2.83. The zero-order valence-electron chi connectivity index (χ0n) is 7.80. The van der Waals surface area contributed by atoms with Crippen LogP contribution in [-0.2, 0) is 4.74 Å². The van der Waals surface area contributed by atoms with Gasteiger partial charge in [-0.15, -0.1) is 0 Å². The molecule has 72 valence electrons. The predicted octanol–water partition coefficient (Wildman–Crippen LogP) is 1.51. The second kappa shape index (κ2) is 3.49. The summed E-state index contributed by atoms with van der Waals surface area (Å²) in [5, 5.41) is 0. The number of fused-ring (bicyclic) bond motifs is 1. The lowest BCUT2D eigenvalue weighted by atomic mass is 10.3. The molecule has 0 N–H and O–H groups in total. The standard InChI is InChI=1S/C10H10N2O2/c1-2-14-10(13)8-3-5-12-6-4-11-9(12)7-8/h3-7H,2H2,1H3. The molecule has 4 heteroatoms. The summed E-state index contributed by atoms with van der Waals surface area (Å²) >= 11 is 0. The second-order valence-corrected chi connectivity index (χ2v) is 2.83. The molecule has 0 unspecified atom stereocenters. The van der Waals surface area contributed by atoms with Crippen LogP contribution in [0.1, 0.15) is 17.3 Å². The molecule has 2 heterocycles. The summed E-state index contributed by atoms with van der Waals surface area (Å²) in [5.41, 5.74) is 1.28. The number of hydrogen-bond donors (Lipinski definition) is 0. The van der Waals surface area contributed by atoms with Gasteiger partial charge in [-0.2, -0.15) is 0 Å². The third-order valence-electron chi connectivity index (χ3n) is 1.91. The smallest absolute Gasteiger partial charge is 0.338 e. The Balaban J connectivity index is 2.38. The van der Waals surface area contributed by atoms with Crippen LogP contribution in [0.5, 0.6) is 0 Å². The minimum absolute atomic E-state index is 0.307. The number of rotatable bonds is 2. The summed E-state index contributed by atoms with van der Waals surface area (Å²) in [6.45, 7) is 2.17. The van der Waals surface area contributed by atoms with Gasteiger partial charge < -0.3 is 9.14 Å². The normalized spacial score (nSPS) is 10.4. The summed E-state index contributed by atoms with van der Waals surface area (Å²) in [4.78, 5) is 15.4. The number of aromatic nitrogens is 2. The number of hydrogen-bond acceptors (Lipinski definition) is 3. The van der Waals surface area contributed by atoms with Crippen LogP contribution in [0.15, 0.2) is 30.7 Å². The lowest BCUT2D eigenvalue weighted by Crippen LogP contribution is -2.04. The maximum atomic E-state index is 11.4. The fourth-order valence-corrected chi connectivity index (χ4v) is 1.25. The van der Waals surface area contributed by atoms with Crippen LogP contribution in [0.2, 0.25) is 0 Å². The number of pyridine rings is 1. The molecule has 2 rings (SSSR count). The van der Waals surface area contributed by atoms with Gasteiger partial charge in [0.25, 0.3) is 0 Å². The van der Waals surface area contributed by atoms with Crippen molar-refractivity contribution >= 4 is 11.6 Å². The molecule has 0 spiro atoms. The van der Waals surface area contributed by atoms with E-state index in [2.05, 4.69) is 4.98 Å². The molecule has 0 aliphatic carbocycles. The van der Waals surface area contributed by atoms with Crippen LogP contribution in [0.4, 0.5) is 0 Å². The van der Waals surface area contributed by atoms with E-state index >= 15 is 0 Å². The van der Waals surface area contributed by atoms with Crippen LogP contribution in [0.3, 0.4) is 0 Å². The van der Waals surface area contributed by atoms with Crippen LogP contribution in [0.25, 0.3) is 5.65 Å². The number of ether oxygens (including phenoxy) is 1. The molecule has 0 amide bonds. The summed E-state index contributed by atoms with van der Waals surface area (Å²) in [5.74, 6) is -0.307. The van der Waals surface area contributed by atoms with E-state index in [9.17, 15) is 4.79 Å². The number of carbonyl (C=O) groups is 1. The molecule has 0 saturated heterocycles. The molecule has 2 aromatic heterocycles. The third-order valence-corrected chi connectivity index (χ3v) is 1.91. The predicted molar refractivity (Wildman–Crippen MR) is 51.1 cm³/mol. The van der Waals surface area contributed by atoms with E-state index in [4.69, 9.17) is 4.74 Å². The lowest BCUT2D eigenvalue weighted by Gasteiger charge is -2.01. The molecule has 0 radical (unpaired) electrons. The van der Waals surface area contributed by atoms with Gasteiger partial charge in [-0.1, -0.05) is 0 Å². The highest BCUT2D eigenvalue weighted by atomic mass is 16.5. The molecular weight excluding hydrogens is 180 g/mol. The van der Waals surface area contributed by atoms with Gasteiger partial charge in [0.15, 0.2) is 0 Å². The van der Waals surface area contributed by atoms with Crippen LogP contribution in [-0.4, -0.2) is 22.0 Å². The molecule has 2 aromatic rings. The topological polar surface area (TPSA) is 43.6 Å². The maximum absolute atomic E-state index is 11.4. The van der Waals surface area contributed by atoms with Gasteiger partial charge in [0.2, 0.25) is 0 Å². The van der Waals surface area contributed by atoms with Crippen LogP contribution < -0.4 is 0 Å². The quantitative estimate of drug-likeness (QED) is 0.674. The van der Waals surface area contributed by atoms with Crippen LogP contribution in [0, 0.1) is 0 Å². The Labute approximate surface area is 81.1 Å². The number of nitrogens with zero attached hydrogens (tertiary/aromatic N) is 2. The average Bonchev–Trinajstić information content (AvgIpc) is 2.64. The SMILES string of the molecule is CCOC(=O)c1ccn2ccnc2c1. The maximum Gasteiger partial charge on any atom is 0.338 e. The Kier molecular flexibility index (Phi) is 2.18. The highest BCUT2D eigenvalue weighted by Gasteiger charge is 2.06. The Hall–Kier alpha value is -1.84. The molecule has 0 atom stereocenters. The Morgan fingerprint density at radius 3 is 3.21 bits per heavy atom. The van der Waals surface area contributed by atoms with Gasteiger partial charge in [0.1, 0.15) is 5.65 Å². The van der Waals surface area contributed by atoms with Crippen LogP contribution >= 0.6 is 0 Å². The van der Waals surface area contributed by atoms with E-state index in [1.807, 2.05) is 10.6 Å². The lowest BCUT2D eigenvalue weighted by molar-refractivity contribution is 0.0526. The van der Waals surface area contributed by atoms with Gasteiger partial charge in [-0.3, -0.25) is 0 Å². The van der Waals surface area contributed by atoms with Crippen molar-refractivity contribution in [3.8, 4) is 0 Å². The van der Waals surface area contributed by atoms with Crippen molar-refractivity contribution < 1.29 is 9.53 Å². The van der Waals surface area contributed by atoms with E-state index in [0.717, 1.165) is 5.65 Å². The molecule has 0 fully saturated rings. The zero-order chi connectivity index (χ0) is 9.97. The Morgan fingerprint density at radius 1 is 1.57 bits per heavy atom. The number of carbonyl (C=O) groups excluding carboxylic acids is 1. The van der Waals surface area contributed by atoms with Gasteiger partial charge in [-0.25, -0.2) is 9.78 Å². The molecule has 4 nitrogen and oxygen atoms in total. The summed E-state index contributed by atoms with van der Waals surface area (Å²) in [7, 11) is 0. The average molecular weight is 190 g/mol. The Bertz CT molecular complexity index is 462. The van der Waals surface area contributed by atoms with Crippen molar-refractivity contribution in [1.29, 1.82) is 0 Å². The van der Waals surface area contributed by atoms with Gasteiger partial charge >= 0.3 is 5.97 Å². The first-order chi connectivity index (χ1) is 6.81. The fourth-order valence-electron chi connectivity index (χ4n) is 1.25. The minimum Gasteiger partial charge on any atom is -0.462 e. The van der Waals surface area contributed by atoms with Crippen molar-refractivity contribution in [2.24, 2.45) is 0 Å². The molecule has 0 aromatic carbocycles. The monoisotopic (exact) mass is 190 g/mol. The molecule has 14 heavy (non-hydrogen) atoms. The first-order valence-electron chi connectivity index (χ1n) is 4.41. The number of esters is 1. The highest BCUT2D eigenvalue weighted by molar-refractivity contribution is 5.90. The first-order valence-corrected chi connectivity index (χ1v) is 4.41. The first kappa shape index (κ1) is 8.74. The summed E-state index contributed by atoms with van der Waals surface area (Å²) in [6.07, 6.45) is 5.29. The van der Waals surface area contributed by atoms with Crippen molar-refractivity contribution in [2.75, 3.05) is 6.61 Å². The van der Waals surface area contributed by atoms with E-state index in [1.165, 1.54) is 0 Å². The molecule has 0 aliphatic heterocycles. The van der Waals surface area contributed by atoms with Crippen molar-refractivity contribution in [1.82, 2.24) is 9.38 Å². The van der Waals surface area contributed by atoms with E-state index < -0.39 is 0 Å². The molecule has 0 bridgehead atoms. The Morgan fingerprint density at radius 2 is 2.43 bits per heavy atom. The van der Waals surface area contributed by atoms with E-state index in [1.54, 1.807) is 31.5 Å². The van der Waals surface area contributed by atoms with Gasteiger partial charge in [0, 0.05) is 18.6 Å². The van der Waals surface area contributed by atoms with Crippen molar-refractivity contribution in [2.45, 2.75) is 6.92 Å². The zero-order valence-corrected chi connectivity index (χ0v) is 7.80. The largest absolute Gasteiger partial charge is 0.462 e. The molecule has 0 aliphatic rings. The summed E-state index contributed by atoms with van der Waals surface area (Å²) in [6, 6.07) is 3.42. The fraction of sp³-hybridized carbons (Fsp3) is 0.200. The van der Waals surface area contributed by atoms with E-state index in [-0.39, 0.29) is 5.97 Å². The van der Waals surface area contributed by atoms with Gasteiger partial charge in [-0.05, 0) is 19.1 Å². The molecular formula is C10H10N2O2. The van der Waals surface area contributed by atoms with E-state index in [0.29, 0.717) is 12.2 Å². The molecule has 0 saturated carbocycles. The number of imidazole rings is 1.